The van der Waals surface area contributed by atoms with Crippen molar-refractivity contribution in [1.29, 1.82) is 0 Å². The van der Waals surface area contributed by atoms with Crippen LogP contribution in [0, 0.1) is 12.7 Å². The molecule has 2 aromatic carbocycles. The first-order valence-electron chi connectivity index (χ1n) is 12.3. The van der Waals surface area contributed by atoms with Crippen molar-refractivity contribution in [3.8, 4) is 28.4 Å². The summed E-state index contributed by atoms with van der Waals surface area (Å²) in [7, 11) is 1.82. The molecule has 0 spiro atoms. The molecule has 2 amide bonds. The monoisotopic (exact) mass is 534 g/mol. The molecule has 0 fully saturated rings. The molecule has 0 aliphatic heterocycles. The van der Waals surface area contributed by atoms with Gasteiger partial charge in [0.15, 0.2) is 0 Å². The van der Waals surface area contributed by atoms with Crippen LogP contribution in [0.2, 0.25) is 0 Å². The third kappa shape index (κ3) is 5.20. The maximum atomic E-state index is 14.9. The number of carbonyl (C=O) groups excluding carboxylic acids is 1. The van der Waals surface area contributed by atoms with E-state index in [1.165, 1.54) is 12.1 Å². The Hall–Kier alpha value is -5.58. The molecule has 0 bridgehead atoms. The van der Waals surface area contributed by atoms with Crippen LogP contribution in [-0.4, -0.2) is 35.6 Å². The lowest BCUT2D eigenvalue weighted by molar-refractivity contribution is 0.262. The lowest BCUT2D eigenvalue weighted by atomic mass is 10.2. The number of anilines is 2. The van der Waals surface area contributed by atoms with Crippen molar-refractivity contribution >= 4 is 28.4 Å². The Morgan fingerprint density at radius 2 is 1.82 bits per heavy atom. The fraction of sp³-hybridized carbons (Fsp3) is 0.0690. The van der Waals surface area contributed by atoms with Gasteiger partial charge in [0.2, 0.25) is 0 Å². The van der Waals surface area contributed by atoms with E-state index in [1.54, 1.807) is 52.2 Å². The zero-order chi connectivity index (χ0) is 27.6. The number of ether oxygens (including phenoxy) is 1. The quantitative estimate of drug-likeness (QED) is 0.267. The summed E-state index contributed by atoms with van der Waals surface area (Å²) in [6, 6.07) is 18.2. The minimum Gasteiger partial charge on any atom is -0.457 e. The predicted octanol–water partition coefficient (Wildman–Crippen LogP) is 6.10. The van der Waals surface area contributed by atoms with Crippen LogP contribution in [0.25, 0.3) is 27.8 Å². The Labute approximate surface area is 228 Å². The highest BCUT2D eigenvalue weighted by Crippen LogP contribution is 2.28. The van der Waals surface area contributed by atoms with Crippen molar-refractivity contribution in [2.45, 2.75) is 6.92 Å². The molecule has 2 N–H and O–H groups in total. The number of carbonyl (C=O) groups is 1. The zero-order valence-corrected chi connectivity index (χ0v) is 21.5. The fourth-order valence-corrected chi connectivity index (χ4v) is 4.23. The maximum absolute atomic E-state index is 14.9. The minimum atomic E-state index is -0.652. The Bertz CT molecular complexity index is 1860. The number of benzene rings is 2. The highest BCUT2D eigenvalue weighted by molar-refractivity contribution is 5.99. The summed E-state index contributed by atoms with van der Waals surface area (Å²) in [5.74, 6) is 0.535. The van der Waals surface area contributed by atoms with Gasteiger partial charge in [0.05, 0.1) is 34.5 Å². The van der Waals surface area contributed by atoms with E-state index < -0.39 is 11.8 Å². The fourth-order valence-electron chi connectivity index (χ4n) is 4.23. The molecule has 4 aromatic heterocycles. The van der Waals surface area contributed by atoms with Crippen LogP contribution in [0.4, 0.5) is 20.7 Å². The summed E-state index contributed by atoms with van der Waals surface area (Å²) >= 11 is 0. The summed E-state index contributed by atoms with van der Waals surface area (Å²) in [6.45, 7) is 1.82. The van der Waals surface area contributed by atoms with E-state index >= 15 is 0 Å². The van der Waals surface area contributed by atoms with Crippen LogP contribution in [0.15, 0.2) is 91.5 Å². The van der Waals surface area contributed by atoms with Gasteiger partial charge in [-0.2, -0.15) is 10.2 Å². The average molecular weight is 535 g/mol. The number of nitrogens with zero attached hydrogens (tertiary/aromatic N) is 6. The maximum Gasteiger partial charge on any atom is 0.324 e. The molecule has 0 saturated heterocycles. The van der Waals surface area contributed by atoms with Crippen LogP contribution in [0.3, 0.4) is 0 Å². The van der Waals surface area contributed by atoms with Crippen molar-refractivity contribution in [3.63, 3.8) is 0 Å². The number of hydrogen-bond acceptors (Lipinski definition) is 6. The molecule has 0 aliphatic rings. The number of nitrogens with one attached hydrogen (secondary N) is 2. The average Bonchev–Trinajstić information content (AvgIpc) is 3.55. The van der Waals surface area contributed by atoms with Crippen molar-refractivity contribution in [2.24, 2.45) is 7.05 Å². The van der Waals surface area contributed by atoms with Gasteiger partial charge in [0.25, 0.3) is 0 Å². The second-order valence-electron chi connectivity index (χ2n) is 9.07. The van der Waals surface area contributed by atoms with Crippen LogP contribution >= 0.6 is 0 Å². The van der Waals surface area contributed by atoms with Crippen LogP contribution < -0.4 is 15.4 Å². The number of hydrogen-bond donors (Lipinski definition) is 2. The van der Waals surface area contributed by atoms with Crippen molar-refractivity contribution in [3.05, 3.63) is 103 Å². The van der Waals surface area contributed by atoms with Gasteiger partial charge in [-0.3, -0.25) is 20.0 Å². The largest absolute Gasteiger partial charge is 0.457 e. The summed E-state index contributed by atoms with van der Waals surface area (Å²) in [4.78, 5) is 21.5. The molecule has 10 nitrogen and oxygen atoms in total. The van der Waals surface area contributed by atoms with Crippen LogP contribution in [0.5, 0.6) is 11.5 Å². The summed E-state index contributed by atoms with van der Waals surface area (Å²) < 4.78 is 24.0. The summed E-state index contributed by atoms with van der Waals surface area (Å²) in [5, 5.41) is 14.9. The van der Waals surface area contributed by atoms with Crippen molar-refractivity contribution in [2.75, 3.05) is 10.6 Å². The molecular weight excluding hydrogens is 511 g/mol. The molecule has 0 saturated carbocycles. The van der Waals surface area contributed by atoms with Gasteiger partial charge in [-0.05, 0) is 49.4 Å². The van der Waals surface area contributed by atoms with Gasteiger partial charge >= 0.3 is 6.03 Å². The van der Waals surface area contributed by atoms with Gasteiger partial charge in [0, 0.05) is 54.8 Å². The molecule has 0 aliphatic carbocycles. The Balaban J connectivity index is 1.15. The predicted molar refractivity (Wildman–Crippen MR) is 149 cm³/mol. The standard InChI is InChI=1S/C29H23FN8O2/c1-18-12-28(38(36-18)21-5-7-25-19(13-21)4-3-10-31-25)35-29(39)34-26-8-6-22(14-24(26)30)40-23-9-11-32-27(15-23)20-16-33-37(2)17-20/h3-17H,1-2H3,(H2,34,35,39). The van der Waals surface area contributed by atoms with E-state index in [1.807, 2.05) is 50.5 Å². The highest BCUT2D eigenvalue weighted by atomic mass is 19.1. The smallest absolute Gasteiger partial charge is 0.324 e. The van der Waals surface area contributed by atoms with Gasteiger partial charge < -0.3 is 10.1 Å². The lowest BCUT2D eigenvalue weighted by Crippen LogP contribution is -2.22. The number of halogens is 1. The molecule has 6 aromatic rings. The number of aromatic nitrogens is 6. The summed E-state index contributed by atoms with van der Waals surface area (Å²) in [5.41, 5.74) is 3.81. The van der Waals surface area contributed by atoms with Crippen LogP contribution in [0.1, 0.15) is 5.69 Å². The van der Waals surface area contributed by atoms with Crippen LogP contribution in [-0.2, 0) is 7.05 Å². The van der Waals surface area contributed by atoms with E-state index in [0.29, 0.717) is 23.0 Å². The van der Waals surface area contributed by atoms with Gasteiger partial charge in [-0.1, -0.05) is 6.07 Å². The highest BCUT2D eigenvalue weighted by Gasteiger charge is 2.14. The van der Waals surface area contributed by atoms with E-state index in [4.69, 9.17) is 4.74 Å². The minimum absolute atomic E-state index is 0.00445. The molecule has 0 radical (unpaired) electrons. The van der Waals surface area contributed by atoms with Crippen molar-refractivity contribution < 1.29 is 13.9 Å². The Kier molecular flexibility index (Phi) is 6.37. The molecular formula is C29H23FN8O2. The first-order valence-corrected chi connectivity index (χ1v) is 12.3. The van der Waals surface area contributed by atoms with E-state index in [9.17, 15) is 9.18 Å². The third-order valence-electron chi connectivity index (χ3n) is 6.06. The molecule has 6 rings (SSSR count). The molecule has 0 atom stereocenters. The Morgan fingerprint density at radius 3 is 2.65 bits per heavy atom. The normalized spacial score (nSPS) is 11.0. The number of amides is 2. The molecule has 11 heteroatoms. The SMILES string of the molecule is Cc1cc(NC(=O)Nc2ccc(Oc3ccnc(-c4cnn(C)c4)c3)cc2F)n(-c2ccc3ncccc3c2)n1. The first kappa shape index (κ1) is 24.7. The zero-order valence-electron chi connectivity index (χ0n) is 21.5. The van der Waals surface area contributed by atoms with Gasteiger partial charge in [-0.25, -0.2) is 13.9 Å². The number of pyridine rings is 2. The first-order chi connectivity index (χ1) is 19.4. The molecule has 4 heterocycles. The second-order valence-corrected chi connectivity index (χ2v) is 9.07. The van der Waals surface area contributed by atoms with Gasteiger partial charge in [0.1, 0.15) is 23.1 Å². The molecule has 40 heavy (non-hydrogen) atoms. The second kappa shape index (κ2) is 10.3. The molecule has 0 unspecified atom stereocenters. The lowest BCUT2D eigenvalue weighted by Gasteiger charge is -2.12. The Morgan fingerprint density at radius 1 is 0.950 bits per heavy atom. The van der Waals surface area contributed by atoms with E-state index in [-0.39, 0.29) is 11.4 Å². The number of urea groups is 1. The van der Waals surface area contributed by atoms with E-state index in [2.05, 4.69) is 30.8 Å². The topological polar surface area (TPSA) is 112 Å². The number of fused-ring (bicyclic) bond motifs is 1. The molecule has 198 valence electrons. The number of rotatable bonds is 6. The third-order valence-corrected chi connectivity index (χ3v) is 6.06. The van der Waals surface area contributed by atoms with E-state index in [0.717, 1.165) is 22.2 Å². The summed E-state index contributed by atoms with van der Waals surface area (Å²) in [6.07, 6.45) is 6.87. The number of aryl methyl sites for hydroxylation is 2. The van der Waals surface area contributed by atoms with Crippen molar-refractivity contribution in [1.82, 2.24) is 29.5 Å². The van der Waals surface area contributed by atoms with Gasteiger partial charge in [-0.15, -0.1) is 0 Å².